The molecule has 0 fully saturated rings. The van der Waals surface area contributed by atoms with Crippen molar-refractivity contribution in [1.29, 1.82) is 0 Å². The van der Waals surface area contributed by atoms with Gasteiger partial charge in [-0.25, -0.2) is 0 Å². The number of rotatable bonds is 5. The maximum Gasteiger partial charge on any atom is 0.137 e. The van der Waals surface area contributed by atoms with Crippen molar-refractivity contribution in [3.8, 4) is 16.8 Å². The van der Waals surface area contributed by atoms with Gasteiger partial charge in [0, 0.05) is 50.3 Å². The second-order valence-corrected chi connectivity index (χ2v) is 9.52. The summed E-state index contributed by atoms with van der Waals surface area (Å²) in [5.41, 5.74) is -5.31. The number of fused-ring (bicyclic) bond motifs is 6. The van der Waals surface area contributed by atoms with E-state index in [1.807, 2.05) is 0 Å². The second kappa shape index (κ2) is 10.3. The van der Waals surface area contributed by atoms with Gasteiger partial charge >= 0.3 is 0 Å². The summed E-state index contributed by atoms with van der Waals surface area (Å²) in [5, 5.41) is -1.36. The van der Waals surface area contributed by atoms with Crippen molar-refractivity contribution < 1.29 is 38.7 Å². The molecule has 9 aromatic rings. The van der Waals surface area contributed by atoms with E-state index >= 15 is 0 Å². The standard InChI is InChI=1S/C42H28N2O/c1-3-11-29(12-4-1)30-19-21-32(22-20-30)43(34-23-25-37-36-16-8-10-18-41(36)45-42(37)28-34)33-24-26-40-38(27-33)35-15-7-9-17-39(35)44(40)31-13-5-2-6-14-31/h1-28H/i1D,2D,3D,4D,5D,6D,7D,8D,9D,10D,11D,12D,13D,14D,15D,16D,17D,18D,19D,20D,21D,23D,25D,26D,28D. The lowest BCUT2D eigenvalue weighted by Crippen LogP contribution is -2.09. The summed E-state index contributed by atoms with van der Waals surface area (Å²) in [6, 6.07) is -16.6. The smallest absolute Gasteiger partial charge is 0.137 e. The van der Waals surface area contributed by atoms with Crippen molar-refractivity contribution in [2.45, 2.75) is 0 Å². The lowest BCUT2D eigenvalue weighted by atomic mass is 10.0. The van der Waals surface area contributed by atoms with Crippen LogP contribution in [0.5, 0.6) is 0 Å². The molecule has 212 valence electrons. The number of benzene rings is 7. The molecule has 2 heterocycles. The molecule has 7 aromatic carbocycles. The van der Waals surface area contributed by atoms with Gasteiger partial charge in [0.15, 0.2) is 0 Å². The van der Waals surface area contributed by atoms with E-state index in [1.54, 1.807) is 0 Å². The van der Waals surface area contributed by atoms with Crippen LogP contribution in [-0.4, -0.2) is 4.57 Å². The molecule has 45 heavy (non-hydrogen) atoms. The Bertz CT molecular complexity index is 3860. The van der Waals surface area contributed by atoms with Crippen LogP contribution in [-0.2, 0) is 0 Å². The van der Waals surface area contributed by atoms with Crippen LogP contribution in [0.4, 0.5) is 17.1 Å². The number of aromatic nitrogens is 1. The molecular formula is C42H28N2O. The molecule has 0 aliphatic rings. The van der Waals surface area contributed by atoms with Gasteiger partial charge in [-0.15, -0.1) is 0 Å². The van der Waals surface area contributed by atoms with Crippen LogP contribution in [0.15, 0.2) is 174 Å². The first-order valence-electron chi connectivity index (χ1n) is 25.7. The highest BCUT2D eigenvalue weighted by Gasteiger charge is 2.19. The van der Waals surface area contributed by atoms with E-state index in [0.717, 1.165) is 27.7 Å². The Morgan fingerprint density at radius 1 is 0.467 bits per heavy atom. The van der Waals surface area contributed by atoms with Crippen LogP contribution in [0.25, 0.3) is 60.6 Å². The molecular weight excluding hydrogens is 548 g/mol. The molecule has 0 radical (unpaired) electrons. The molecule has 0 saturated heterocycles. The van der Waals surface area contributed by atoms with Gasteiger partial charge in [-0.3, -0.25) is 0 Å². The van der Waals surface area contributed by atoms with Gasteiger partial charge in [0.2, 0.25) is 0 Å². The van der Waals surface area contributed by atoms with Gasteiger partial charge in [-0.2, -0.15) is 0 Å². The third kappa shape index (κ3) is 4.21. The maximum atomic E-state index is 9.58. The first-order chi connectivity index (χ1) is 32.7. The zero-order chi connectivity index (χ0) is 51.5. The number of para-hydroxylation sites is 3. The van der Waals surface area contributed by atoms with Gasteiger partial charge in [0.25, 0.3) is 0 Å². The summed E-state index contributed by atoms with van der Waals surface area (Å²) in [7, 11) is 0. The van der Waals surface area contributed by atoms with Gasteiger partial charge in [-0.05, 0) is 77.7 Å². The summed E-state index contributed by atoms with van der Waals surface area (Å²) in [5.74, 6) is 0. The van der Waals surface area contributed by atoms with Crippen molar-refractivity contribution in [1.82, 2.24) is 4.57 Å². The zero-order valence-corrected chi connectivity index (χ0v) is 22.5. The third-order valence-electron chi connectivity index (χ3n) is 7.01. The predicted molar refractivity (Wildman–Crippen MR) is 188 cm³/mol. The van der Waals surface area contributed by atoms with Crippen molar-refractivity contribution in [3.63, 3.8) is 0 Å². The van der Waals surface area contributed by atoms with Crippen LogP contribution in [0.1, 0.15) is 34.3 Å². The molecule has 0 atom stereocenters. The van der Waals surface area contributed by atoms with E-state index in [9.17, 15) is 9.60 Å². The first kappa shape index (κ1) is 10.8. The molecule has 0 N–H and O–H groups in total. The average molecular weight is 602 g/mol. The second-order valence-electron chi connectivity index (χ2n) is 9.52. The fourth-order valence-electron chi connectivity index (χ4n) is 5.10. The Balaban J connectivity index is 1.48. The number of nitrogens with zero attached hydrogens (tertiary/aromatic N) is 2. The summed E-state index contributed by atoms with van der Waals surface area (Å²) in [6.07, 6.45) is 0. The number of anilines is 3. The molecule has 0 aliphatic heterocycles. The van der Waals surface area contributed by atoms with Gasteiger partial charge in [0.05, 0.1) is 45.3 Å². The summed E-state index contributed by atoms with van der Waals surface area (Å²) in [4.78, 5) is 0.866. The van der Waals surface area contributed by atoms with Crippen LogP contribution < -0.4 is 4.90 Å². The first-order valence-corrected chi connectivity index (χ1v) is 13.2. The Hall–Kier alpha value is -6.06. The summed E-state index contributed by atoms with van der Waals surface area (Å²) in [6.45, 7) is 0. The Morgan fingerprint density at radius 3 is 1.98 bits per heavy atom. The third-order valence-corrected chi connectivity index (χ3v) is 7.01. The SMILES string of the molecule is [2H]c1cc(N(c2cc([2H])c3c(c2)c2c([2H])c([2H])c([2H])c([2H])c2n3-c2c([2H])c([2H])c([2H])c([2H])c2[2H])c2c([2H])c([2H])c3c(oc4c([2H])c([2H])c([2H])c([2H])c43)c2[2H])c([2H])c([2H])c1-c1c([2H])c([2H])c([2H])c([2H])c1[2H]. The van der Waals surface area contributed by atoms with Crippen LogP contribution in [0, 0.1) is 0 Å². The van der Waals surface area contributed by atoms with Crippen LogP contribution in [0.2, 0.25) is 0 Å². The summed E-state index contributed by atoms with van der Waals surface area (Å²) < 4.78 is 226. The lowest BCUT2D eigenvalue weighted by molar-refractivity contribution is 0.669. The van der Waals surface area contributed by atoms with Gasteiger partial charge in [-0.1, -0.05) is 96.7 Å². The quantitative estimate of drug-likeness (QED) is 0.196. The number of hydrogen-bond donors (Lipinski definition) is 0. The number of hydrogen-bond acceptors (Lipinski definition) is 2. The lowest BCUT2D eigenvalue weighted by Gasteiger charge is -2.26. The zero-order valence-electron chi connectivity index (χ0n) is 47.5. The Kier molecular flexibility index (Phi) is 2.48. The Morgan fingerprint density at radius 2 is 1.11 bits per heavy atom. The van der Waals surface area contributed by atoms with E-state index in [-0.39, 0.29) is 32.7 Å². The normalized spacial score (nSPS) is 19.3. The predicted octanol–water partition coefficient (Wildman–Crippen LogP) is 11.8. The minimum atomic E-state index is -0.914. The molecule has 0 saturated carbocycles. The van der Waals surface area contributed by atoms with Crippen molar-refractivity contribution in [2.24, 2.45) is 0 Å². The molecule has 3 nitrogen and oxygen atoms in total. The average Bonchev–Trinajstić information content (AvgIpc) is 3.90. The van der Waals surface area contributed by atoms with Crippen LogP contribution >= 0.6 is 0 Å². The summed E-state index contributed by atoms with van der Waals surface area (Å²) >= 11 is 0. The topological polar surface area (TPSA) is 21.3 Å². The maximum absolute atomic E-state index is 9.58. The molecule has 0 spiro atoms. The van der Waals surface area contributed by atoms with E-state index in [0.29, 0.717) is 0 Å². The van der Waals surface area contributed by atoms with Gasteiger partial charge < -0.3 is 13.9 Å². The fraction of sp³-hybridized carbons (Fsp3) is 0. The minimum Gasteiger partial charge on any atom is -0.456 e. The van der Waals surface area contributed by atoms with E-state index in [4.69, 9.17) is 29.1 Å². The highest BCUT2D eigenvalue weighted by atomic mass is 16.3. The van der Waals surface area contributed by atoms with E-state index in [2.05, 4.69) is 0 Å². The molecule has 0 aliphatic carbocycles. The van der Waals surface area contributed by atoms with E-state index < -0.39 is 196 Å². The van der Waals surface area contributed by atoms with Crippen LogP contribution in [0.3, 0.4) is 0 Å². The van der Waals surface area contributed by atoms with E-state index in [1.165, 1.54) is 0 Å². The largest absolute Gasteiger partial charge is 0.456 e. The minimum absolute atomic E-state index is 0.265. The van der Waals surface area contributed by atoms with Crippen molar-refractivity contribution in [2.75, 3.05) is 4.90 Å². The Labute approximate surface area is 295 Å². The molecule has 0 amide bonds. The molecule has 0 unspecified atom stereocenters. The highest BCUT2D eigenvalue weighted by Crippen LogP contribution is 2.42. The van der Waals surface area contributed by atoms with Crippen molar-refractivity contribution >= 4 is 60.8 Å². The number of furan rings is 1. The monoisotopic (exact) mass is 601 g/mol. The molecule has 3 heteroatoms. The molecule has 9 rings (SSSR count). The van der Waals surface area contributed by atoms with Gasteiger partial charge in [0.1, 0.15) is 11.2 Å². The van der Waals surface area contributed by atoms with Crippen molar-refractivity contribution in [3.05, 3.63) is 169 Å². The highest BCUT2D eigenvalue weighted by molar-refractivity contribution is 6.11. The molecule has 2 aromatic heterocycles. The molecule has 0 bridgehead atoms. The fourth-order valence-corrected chi connectivity index (χ4v) is 5.10.